The smallest absolute Gasteiger partial charge is 0.357 e. The van der Waals surface area contributed by atoms with E-state index in [9.17, 15) is 4.79 Å². The van der Waals surface area contributed by atoms with Crippen molar-refractivity contribution in [2.75, 3.05) is 13.1 Å². The molecule has 2 aromatic carbocycles. The van der Waals surface area contributed by atoms with E-state index in [0.29, 0.717) is 12.0 Å². The number of hydrogen-bond acceptors (Lipinski definition) is 4. The third-order valence-corrected chi connectivity index (χ3v) is 6.65. The van der Waals surface area contributed by atoms with Crippen LogP contribution in [-0.4, -0.2) is 24.1 Å². The summed E-state index contributed by atoms with van der Waals surface area (Å²) >= 11 is 0. The van der Waals surface area contributed by atoms with Crippen molar-refractivity contribution in [1.82, 2.24) is 5.06 Å². The van der Waals surface area contributed by atoms with Crippen LogP contribution in [0.3, 0.4) is 0 Å². The zero-order valence-electron chi connectivity index (χ0n) is 21.3. The fourth-order valence-electron chi connectivity index (χ4n) is 4.60. The Bertz CT molecular complexity index is 863. The van der Waals surface area contributed by atoms with Crippen LogP contribution < -0.4 is 4.74 Å². The first kappa shape index (κ1) is 26.3. The van der Waals surface area contributed by atoms with Gasteiger partial charge >= 0.3 is 5.97 Å². The van der Waals surface area contributed by atoms with Gasteiger partial charge in [-0.05, 0) is 36.6 Å². The highest BCUT2D eigenvalue weighted by Gasteiger charge is 2.24. The van der Waals surface area contributed by atoms with Gasteiger partial charge in [0.05, 0.1) is 5.56 Å². The summed E-state index contributed by atoms with van der Waals surface area (Å²) < 4.78 is 6.08. The molecule has 0 amide bonds. The van der Waals surface area contributed by atoms with Crippen LogP contribution in [0.5, 0.6) is 11.5 Å². The van der Waals surface area contributed by atoms with Gasteiger partial charge in [-0.3, -0.25) is 0 Å². The molecule has 1 aliphatic rings. The van der Waals surface area contributed by atoms with Gasteiger partial charge in [-0.25, -0.2) is 4.79 Å². The highest BCUT2D eigenvalue weighted by Crippen LogP contribution is 2.38. The maximum Gasteiger partial charge on any atom is 0.357 e. The number of benzene rings is 2. The van der Waals surface area contributed by atoms with E-state index in [2.05, 4.69) is 19.9 Å². The molecule has 0 aliphatic carbocycles. The maximum atomic E-state index is 13.3. The maximum absolute atomic E-state index is 13.3. The summed E-state index contributed by atoms with van der Waals surface area (Å²) in [5.41, 5.74) is 2.64. The Labute approximate surface area is 206 Å². The quantitative estimate of drug-likeness (QED) is 0.157. The summed E-state index contributed by atoms with van der Waals surface area (Å²) in [5.74, 6) is 1.36. The molecule has 0 unspecified atom stereocenters. The molecule has 0 N–H and O–H groups in total. The summed E-state index contributed by atoms with van der Waals surface area (Å²) in [7, 11) is 0. The Balaban J connectivity index is 1.59. The number of nitrogens with zero attached hydrogens (tertiary/aromatic N) is 1. The van der Waals surface area contributed by atoms with Gasteiger partial charge in [0.15, 0.2) is 0 Å². The van der Waals surface area contributed by atoms with E-state index in [0.717, 1.165) is 48.6 Å². The monoisotopic (exact) mass is 465 g/mol. The number of fused-ring (bicyclic) bond motifs is 2. The van der Waals surface area contributed by atoms with Gasteiger partial charge < -0.3 is 9.57 Å². The number of hydrogen-bond donors (Lipinski definition) is 0. The minimum Gasteiger partial charge on any atom is -0.457 e. The van der Waals surface area contributed by atoms with Crippen molar-refractivity contribution < 1.29 is 14.4 Å². The van der Waals surface area contributed by atoms with E-state index in [1.807, 2.05) is 41.5 Å². The van der Waals surface area contributed by atoms with Crippen LogP contribution >= 0.6 is 0 Å². The first-order valence-corrected chi connectivity index (χ1v) is 13.6. The molecule has 4 nitrogen and oxygen atoms in total. The number of para-hydroxylation sites is 1. The molecule has 1 heterocycles. The van der Waals surface area contributed by atoms with E-state index in [-0.39, 0.29) is 5.97 Å². The number of rotatable bonds is 16. The van der Waals surface area contributed by atoms with Gasteiger partial charge in [0, 0.05) is 25.1 Å². The summed E-state index contributed by atoms with van der Waals surface area (Å²) in [6.45, 7) is 6.10. The molecule has 3 rings (SSSR count). The molecule has 2 aromatic rings. The van der Waals surface area contributed by atoms with E-state index in [1.54, 1.807) is 0 Å². The van der Waals surface area contributed by atoms with Crippen molar-refractivity contribution in [3.63, 3.8) is 0 Å². The largest absolute Gasteiger partial charge is 0.457 e. The number of carbonyl (C=O) groups is 1. The zero-order chi connectivity index (χ0) is 24.0. The second kappa shape index (κ2) is 14.8. The second-order valence-electron chi connectivity index (χ2n) is 9.51. The van der Waals surface area contributed by atoms with Gasteiger partial charge in [0.2, 0.25) is 0 Å². The van der Waals surface area contributed by atoms with Crippen molar-refractivity contribution in [2.45, 2.75) is 97.3 Å². The van der Waals surface area contributed by atoms with Crippen molar-refractivity contribution in [3.05, 3.63) is 59.2 Å². The Morgan fingerprint density at radius 1 is 0.765 bits per heavy atom. The van der Waals surface area contributed by atoms with Crippen molar-refractivity contribution in [3.8, 4) is 11.5 Å². The first-order chi connectivity index (χ1) is 16.7. The Kier molecular flexibility index (Phi) is 11.5. The number of ether oxygens (including phenoxy) is 1. The predicted octanol–water partition coefficient (Wildman–Crippen LogP) is 8.48. The molecule has 0 aromatic heterocycles. The summed E-state index contributed by atoms with van der Waals surface area (Å²) in [5, 5.41) is 1.92. The van der Waals surface area contributed by atoms with Crippen molar-refractivity contribution in [1.29, 1.82) is 0 Å². The normalized spacial score (nSPS) is 12.2. The number of carbonyl (C=O) groups excluding carboxylic acids is 1. The van der Waals surface area contributed by atoms with E-state index in [1.165, 1.54) is 64.2 Å². The first-order valence-electron chi connectivity index (χ1n) is 13.6. The van der Waals surface area contributed by atoms with Crippen LogP contribution in [0.25, 0.3) is 0 Å². The minimum absolute atomic E-state index is 0.267. The van der Waals surface area contributed by atoms with Gasteiger partial charge in [0.1, 0.15) is 11.5 Å². The van der Waals surface area contributed by atoms with Gasteiger partial charge in [-0.1, -0.05) is 102 Å². The molecular formula is C30H43NO3. The zero-order valence-corrected chi connectivity index (χ0v) is 21.3. The molecule has 4 heteroatoms. The highest BCUT2D eigenvalue weighted by atomic mass is 16.7. The van der Waals surface area contributed by atoms with E-state index < -0.39 is 0 Å². The van der Waals surface area contributed by atoms with Crippen LogP contribution in [0.1, 0.15) is 112 Å². The third kappa shape index (κ3) is 8.16. The van der Waals surface area contributed by atoms with Gasteiger partial charge in [0.25, 0.3) is 0 Å². The SMILES string of the molecule is CCCCCCCCN(CCCCCCCC)OC(=O)c1cccc2c1Cc1ccccc1O2. The molecule has 0 saturated carbocycles. The van der Waals surface area contributed by atoms with Crippen molar-refractivity contribution >= 4 is 5.97 Å². The van der Waals surface area contributed by atoms with Crippen LogP contribution in [0.15, 0.2) is 42.5 Å². The number of hydroxylamine groups is 2. The molecule has 0 fully saturated rings. The lowest BCUT2D eigenvalue weighted by Crippen LogP contribution is -2.30. The standard InChI is InChI=1S/C30H43NO3/c1-3-5-7-9-11-15-22-31(23-16-12-10-8-6-4-2)34-30(32)26-19-17-21-29-27(26)24-25-18-13-14-20-28(25)33-29/h13-14,17-21H,3-12,15-16,22-24H2,1-2H3. The molecular weight excluding hydrogens is 422 g/mol. The Hall–Kier alpha value is -2.33. The van der Waals surface area contributed by atoms with E-state index >= 15 is 0 Å². The van der Waals surface area contributed by atoms with Crippen molar-refractivity contribution in [2.24, 2.45) is 0 Å². The van der Waals surface area contributed by atoms with Crippen LogP contribution in [0.4, 0.5) is 0 Å². The molecule has 34 heavy (non-hydrogen) atoms. The lowest BCUT2D eigenvalue weighted by atomic mass is 9.96. The summed E-state index contributed by atoms with van der Waals surface area (Å²) in [6.07, 6.45) is 15.4. The fraction of sp³-hybridized carbons (Fsp3) is 0.567. The molecule has 0 bridgehead atoms. The molecule has 186 valence electrons. The minimum atomic E-state index is -0.267. The lowest BCUT2D eigenvalue weighted by molar-refractivity contribution is -0.111. The number of unbranched alkanes of at least 4 members (excludes halogenated alkanes) is 10. The van der Waals surface area contributed by atoms with Crippen LogP contribution in [0.2, 0.25) is 0 Å². The Morgan fingerprint density at radius 2 is 1.35 bits per heavy atom. The lowest BCUT2D eigenvalue weighted by Gasteiger charge is -2.24. The Morgan fingerprint density at radius 3 is 2.03 bits per heavy atom. The summed E-state index contributed by atoms with van der Waals surface area (Å²) in [4.78, 5) is 19.3. The average Bonchev–Trinajstić information content (AvgIpc) is 2.86. The van der Waals surface area contributed by atoms with Gasteiger partial charge in [-0.2, -0.15) is 0 Å². The van der Waals surface area contributed by atoms with Crippen LogP contribution in [0, 0.1) is 0 Å². The summed E-state index contributed by atoms with van der Waals surface area (Å²) in [6, 6.07) is 13.7. The molecule has 0 spiro atoms. The second-order valence-corrected chi connectivity index (χ2v) is 9.51. The predicted molar refractivity (Wildman–Crippen MR) is 140 cm³/mol. The highest BCUT2D eigenvalue weighted by molar-refractivity contribution is 5.92. The average molecular weight is 466 g/mol. The fourth-order valence-corrected chi connectivity index (χ4v) is 4.60. The molecule has 0 saturated heterocycles. The topological polar surface area (TPSA) is 38.8 Å². The molecule has 0 radical (unpaired) electrons. The third-order valence-electron chi connectivity index (χ3n) is 6.65. The van der Waals surface area contributed by atoms with Crippen LogP contribution in [-0.2, 0) is 11.3 Å². The van der Waals surface area contributed by atoms with E-state index in [4.69, 9.17) is 9.57 Å². The molecule has 1 aliphatic heterocycles. The molecule has 0 atom stereocenters. The van der Waals surface area contributed by atoms with Gasteiger partial charge in [-0.15, -0.1) is 5.06 Å².